The lowest BCUT2D eigenvalue weighted by molar-refractivity contribution is 0.233. The smallest absolute Gasteiger partial charge is 0.0855 e. The van der Waals surface area contributed by atoms with Gasteiger partial charge in [0.25, 0.3) is 0 Å². The maximum absolute atomic E-state index is 4.10. The van der Waals surface area contributed by atoms with Crippen LogP contribution in [0.2, 0.25) is 0 Å². The van der Waals surface area contributed by atoms with Crippen molar-refractivity contribution in [3.63, 3.8) is 0 Å². The van der Waals surface area contributed by atoms with Crippen LogP contribution in [0.1, 0.15) is 37.3 Å². The first-order valence-corrected chi connectivity index (χ1v) is 4.24. The molecule has 0 aliphatic heterocycles. The van der Waals surface area contributed by atoms with Crippen LogP contribution in [-0.4, -0.2) is 15.4 Å². The molecular formula is C8H11N3. The summed E-state index contributed by atoms with van der Waals surface area (Å²) >= 11 is 0. The molecule has 2 aliphatic rings. The monoisotopic (exact) mass is 149 g/mol. The van der Waals surface area contributed by atoms with Gasteiger partial charge < -0.3 is 0 Å². The summed E-state index contributed by atoms with van der Waals surface area (Å²) in [4.78, 5) is 0. The third kappa shape index (κ3) is 0.737. The van der Waals surface area contributed by atoms with Gasteiger partial charge in [0.05, 0.1) is 11.9 Å². The number of hydrogen-bond donors (Lipinski definition) is 1. The van der Waals surface area contributed by atoms with Gasteiger partial charge in [-0.05, 0) is 31.1 Å². The van der Waals surface area contributed by atoms with E-state index in [1.807, 2.05) is 6.20 Å². The van der Waals surface area contributed by atoms with E-state index in [4.69, 9.17) is 0 Å². The van der Waals surface area contributed by atoms with Crippen LogP contribution in [0.25, 0.3) is 0 Å². The summed E-state index contributed by atoms with van der Waals surface area (Å²) < 4.78 is 0. The molecule has 0 amide bonds. The topological polar surface area (TPSA) is 41.6 Å². The van der Waals surface area contributed by atoms with E-state index in [0.29, 0.717) is 0 Å². The summed E-state index contributed by atoms with van der Waals surface area (Å²) in [6, 6.07) is 0. The van der Waals surface area contributed by atoms with E-state index in [2.05, 4.69) is 15.4 Å². The molecule has 1 aromatic heterocycles. The van der Waals surface area contributed by atoms with Crippen molar-refractivity contribution in [3.05, 3.63) is 11.9 Å². The first-order valence-electron chi connectivity index (χ1n) is 4.24. The van der Waals surface area contributed by atoms with Crippen molar-refractivity contribution in [1.29, 1.82) is 0 Å². The van der Waals surface area contributed by atoms with Gasteiger partial charge in [0.1, 0.15) is 0 Å². The first kappa shape index (κ1) is 5.75. The Labute approximate surface area is 65.2 Å². The fraction of sp³-hybridized carbons (Fsp3) is 0.750. The molecule has 2 saturated carbocycles. The molecule has 1 N–H and O–H groups in total. The van der Waals surface area contributed by atoms with Crippen LogP contribution < -0.4 is 0 Å². The van der Waals surface area contributed by atoms with Gasteiger partial charge in [-0.3, -0.25) is 0 Å². The average molecular weight is 149 g/mol. The quantitative estimate of drug-likeness (QED) is 0.656. The van der Waals surface area contributed by atoms with Crippen LogP contribution in [-0.2, 0) is 0 Å². The lowest BCUT2D eigenvalue weighted by atomic mass is 9.70. The largest absolute Gasteiger partial charge is 0.198 e. The molecule has 3 rings (SSSR count). The molecule has 0 unspecified atom stereocenters. The van der Waals surface area contributed by atoms with Gasteiger partial charge in [0, 0.05) is 5.92 Å². The maximum atomic E-state index is 4.10. The molecule has 2 aliphatic carbocycles. The third-order valence-corrected chi connectivity index (χ3v) is 3.17. The Kier molecular flexibility index (Phi) is 0.864. The van der Waals surface area contributed by atoms with Crippen molar-refractivity contribution >= 4 is 0 Å². The second kappa shape index (κ2) is 1.65. The van der Waals surface area contributed by atoms with Crippen LogP contribution in [0.3, 0.4) is 0 Å². The Morgan fingerprint density at radius 3 is 2.82 bits per heavy atom. The molecule has 0 aromatic carbocycles. The van der Waals surface area contributed by atoms with E-state index >= 15 is 0 Å². The SMILES string of the molecule is c1n[nH]nc1C1CC2(CC2)C1. The molecule has 0 atom stereocenters. The average Bonchev–Trinajstić information content (AvgIpc) is 2.57. The summed E-state index contributed by atoms with van der Waals surface area (Å²) in [5.41, 5.74) is 1.95. The molecule has 0 bridgehead atoms. The molecule has 1 aromatic rings. The van der Waals surface area contributed by atoms with Crippen molar-refractivity contribution in [2.45, 2.75) is 31.6 Å². The fourth-order valence-electron chi connectivity index (χ4n) is 2.19. The van der Waals surface area contributed by atoms with Crippen molar-refractivity contribution in [2.75, 3.05) is 0 Å². The normalized spacial score (nSPS) is 26.9. The molecular weight excluding hydrogens is 138 g/mol. The highest BCUT2D eigenvalue weighted by Crippen LogP contribution is 2.65. The minimum Gasteiger partial charge on any atom is -0.198 e. The molecule has 0 saturated heterocycles. The van der Waals surface area contributed by atoms with Crippen molar-refractivity contribution in [3.8, 4) is 0 Å². The van der Waals surface area contributed by atoms with E-state index in [9.17, 15) is 0 Å². The zero-order valence-electron chi connectivity index (χ0n) is 6.38. The highest BCUT2D eigenvalue weighted by molar-refractivity contribution is 5.16. The molecule has 3 heteroatoms. The van der Waals surface area contributed by atoms with Gasteiger partial charge in [-0.15, -0.1) is 0 Å². The van der Waals surface area contributed by atoms with Gasteiger partial charge in [-0.1, -0.05) is 0 Å². The first-order chi connectivity index (χ1) is 5.38. The minimum absolute atomic E-state index is 0.719. The second-order valence-electron chi connectivity index (χ2n) is 4.00. The van der Waals surface area contributed by atoms with Crippen LogP contribution in [0.5, 0.6) is 0 Å². The maximum Gasteiger partial charge on any atom is 0.0855 e. The van der Waals surface area contributed by atoms with E-state index in [-0.39, 0.29) is 0 Å². The predicted molar refractivity (Wildman–Crippen MR) is 40.0 cm³/mol. The second-order valence-corrected chi connectivity index (χ2v) is 4.00. The molecule has 1 heterocycles. The molecule has 2 fully saturated rings. The van der Waals surface area contributed by atoms with E-state index in [1.165, 1.54) is 31.4 Å². The summed E-state index contributed by atoms with van der Waals surface area (Å²) in [6.45, 7) is 0. The number of aromatic amines is 1. The van der Waals surface area contributed by atoms with Gasteiger partial charge >= 0.3 is 0 Å². The number of nitrogens with zero attached hydrogens (tertiary/aromatic N) is 2. The standard InChI is InChI=1S/C8H11N3/c1-2-8(1)3-6(4-8)7-5-9-11-10-7/h5-6H,1-4H2,(H,9,10,11). The zero-order chi connectivity index (χ0) is 7.31. The predicted octanol–water partition coefficient (Wildman–Crippen LogP) is 1.46. The highest BCUT2D eigenvalue weighted by Gasteiger charge is 2.53. The van der Waals surface area contributed by atoms with Gasteiger partial charge in [0.15, 0.2) is 0 Å². The number of aromatic nitrogens is 3. The van der Waals surface area contributed by atoms with Gasteiger partial charge in [-0.25, -0.2) is 0 Å². The van der Waals surface area contributed by atoms with Crippen LogP contribution in [0, 0.1) is 5.41 Å². The van der Waals surface area contributed by atoms with Crippen molar-refractivity contribution in [2.24, 2.45) is 5.41 Å². The summed E-state index contributed by atoms with van der Waals surface area (Å²) in [5.74, 6) is 0.719. The molecule has 3 nitrogen and oxygen atoms in total. The van der Waals surface area contributed by atoms with Crippen molar-refractivity contribution < 1.29 is 0 Å². The minimum atomic E-state index is 0.719. The van der Waals surface area contributed by atoms with Gasteiger partial charge in [0.2, 0.25) is 0 Å². The summed E-state index contributed by atoms with van der Waals surface area (Å²) in [5, 5.41) is 10.6. The Morgan fingerprint density at radius 2 is 2.27 bits per heavy atom. The Morgan fingerprint density at radius 1 is 1.45 bits per heavy atom. The molecule has 0 radical (unpaired) electrons. The molecule has 58 valence electrons. The van der Waals surface area contributed by atoms with E-state index in [1.54, 1.807) is 0 Å². The van der Waals surface area contributed by atoms with E-state index in [0.717, 1.165) is 11.3 Å². The number of hydrogen-bond acceptors (Lipinski definition) is 2. The lowest BCUT2D eigenvalue weighted by Crippen LogP contribution is -2.23. The number of nitrogens with one attached hydrogen (secondary N) is 1. The molecule has 11 heavy (non-hydrogen) atoms. The zero-order valence-corrected chi connectivity index (χ0v) is 6.38. The van der Waals surface area contributed by atoms with Crippen LogP contribution >= 0.6 is 0 Å². The third-order valence-electron chi connectivity index (χ3n) is 3.17. The highest BCUT2D eigenvalue weighted by atomic mass is 15.3. The van der Waals surface area contributed by atoms with E-state index < -0.39 is 0 Å². The fourth-order valence-corrected chi connectivity index (χ4v) is 2.19. The molecule has 1 spiro atoms. The van der Waals surface area contributed by atoms with Gasteiger partial charge in [-0.2, -0.15) is 15.4 Å². The number of rotatable bonds is 1. The Balaban J connectivity index is 1.75. The summed E-state index contributed by atoms with van der Waals surface area (Å²) in [6.07, 6.45) is 7.50. The Bertz CT molecular complexity index is 253. The lowest BCUT2D eigenvalue weighted by Gasteiger charge is -2.34. The van der Waals surface area contributed by atoms with Crippen molar-refractivity contribution in [1.82, 2.24) is 15.4 Å². The summed E-state index contributed by atoms with van der Waals surface area (Å²) in [7, 11) is 0. The number of H-pyrrole nitrogens is 1. The van der Waals surface area contributed by atoms with Crippen LogP contribution in [0.4, 0.5) is 0 Å². The van der Waals surface area contributed by atoms with Crippen LogP contribution in [0.15, 0.2) is 6.20 Å². The Hall–Kier alpha value is -0.860.